The van der Waals surface area contributed by atoms with Gasteiger partial charge in [-0.25, -0.2) is 5.43 Å². The molecule has 0 amide bonds. The number of nitrogens with zero attached hydrogens (tertiary/aromatic N) is 5. The molecule has 2 N–H and O–H groups in total. The number of anilines is 2. The van der Waals surface area contributed by atoms with E-state index in [2.05, 4.69) is 50.1 Å². The van der Waals surface area contributed by atoms with Gasteiger partial charge in [0, 0.05) is 11.1 Å². The van der Waals surface area contributed by atoms with Crippen molar-refractivity contribution in [3.63, 3.8) is 0 Å². The highest BCUT2D eigenvalue weighted by atomic mass is 16.5. The first-order chi connectivity index (χ1) is 16.2. The van der Waals surface area contributed by atoms with Crippen LogP contribution in [0, 0.1) is 6.92 Å². The Balaban J connectivity index is 1.65. The number of hydrazone groups is 2. The van der Waals surface area contributed by atoms with E-state index in [0.717, 1.165) is 35.5 Å². The molecule has 0 atom stereocenters. The molecule has 2 aromatic carbocycles. The van der Waals surface area contributed by atoms with Crippen LogP contribution in [0.1, 0.15) is 43.5 Å². The maximum atomic E-state index is 5.75. The maximum absolute atomic E-state index is 5.75. The minimum atomic E-state index is 0.244. The number of hydrogen-bond donors (Lipinski definition) is 2. The number of aromatic nitrogens is 3. The van der Waals surface area contributed by atoms with E-state index in [1.165, 1.54) is 0 Å². The number of para-hydroxylation sites is 2. The molecular formula is C24H29N7O2. The largest absolute Gasteiger partial charge is 0.493 e. The van der Waals surface area contributed by atoms with Crippen LogP contribution in [0.15, 0.2) is 58.7 Å². The summed E-state index contributed by atoms with van der Waals surface area (Å²) in [5, 5.41) is 16.6. The van der Waals surface area contributed by atoms with Crippen LogP contribution in [0.4, 0.5) is 11.8 Å². The third kappa shape index (κ3) is 7.27. The van der Waals surface area contributed by atoms with Gasteiger partial charge in [-0.05, 0) is 44.0 Å². The van der Waals surface area contributed by atoms with Gasteiger partial charge in [0.2, 0.25) is 0 Å². The Morgan fingerprint density at radius 3 is 1.91 bits per heavy atom. The van der Waals surface area contributed by atoms with E-state index >= 15 is 0 Å². The Morgan fingerprint density at radius 1 is 0.788 bits per heavy atom. The molecule has 0 saturated heterocycles. The number of aryl methyl sites for hydroxylation is 1. The van der Waals surface area contributed by atoms with Crippen molar-refractivity contribution in [2.45, 2.75) is 33.6 Å². The molecule has 0 bridgehead atoms. The van der Waals surface area contributed by atoms with E-state index in [9.17, 15) is 0 Å². The van der Waals surface area contributed by atoms with E-state index in [1.54, 1.807) is 19.4 Å². The highest BCUT2D eigenvalue weighted by Crippen LogP contribution is 2.17. The SMILES string of the molecule is CCCOc1ccccc1C=NNc1nnc(C)c(NN=Cc2ccccc2OCCC)n1. The lowest BCUT2D eigenvalue weighted by Crippen LogP contribution is -2.06. The van der Waals surface area contributed by atoms with E-state index in [1.807, 2.05) is 48.5 Å². The van der Waals surface area contributed by atoms with E-state index in [-0.39, 0.29) is 5.95 Å². The molecule has 1 heterocycles. The van der Waals surface area contributed by atoms with Crippen LogP contribution in [0.3, 0.4) is 0 Å². The lowest BCUT2D eigenvalue weighted by Gasteiger charge is -2.08. The Morgan fingerprint density at radius 2 is 1.33 bits per heavy atom. The Kier molecular flexibility index (Phi) is 9.14. The van der Waals surface area contributed by atoms with Crippen molar-refractivity contribution in [1.82, 2.24) is 15.2 Å². The number of hydrogen-bond acceptors (Lipinski definition) is 9. The average Bonchev–Trinajstić information content (AvgIpc) is 2.84. The lowest BCUT2D eigenvalue weighted by atomic mass is 10.2. The van der Waals surface area contributed by atoms with Crippen molar-refractivity contribution in [2.75, 3.05) is 24.1 Å². The van der Waals surface area contributed by atoms with Crippen molar-refractivity contribution in [1.29, 1.82) is 0 Å². The molecule has 0 unspecified atom stereocenters. The van der Waals surface area contributed by atoms with Gasteiger partial charge in [0.05, 0.1) is 25.6 Å². The number of rotatable bonds is 12. The first-order valence-corrected chi connectivity index (χ1v) is 10.9. The molecule has 0 aliphatic rings. The van der Waals surface area contributed by atoms with E-state index < -0.39 is 0 Å². The summed E-state index contributed by atoms with van der Waals surface area (Å²) in [5.41, 5.74) is 8.04. The average molecular weight is 448 g/mol. The second-order valence-electron chi connectivity index (χ2n) is 7.08. The summed E-state index contributed by atoms with van der Waals surface area (Å²) in [6.45, 7) is 7.23. The standard InChI is InChI=1S/C24H29N7O2/c1-4-14-32-21-12-8-6-10-19(21)16-25-29-23-18(3)28-31-24(27-23)30-26-17-20-11-7-9-13-22(20)33-15-5-2/h6-13,16-17H,4-5,14-15H2,1-3H3,(H2,27,29,30,31). The van der Waals surface area contributed by atoms with Crippen LogP contribution in [-0.2, 0) is 0 Å². The van der Waals surface area contributed by atoms with Crippen LogP contribution < -0.4 is 20.3 Å². The first-order valence-electron chi connectivity index (χ1n) is 10.9. The van der Waals surface area contributed by atoms with Crippen molar-refractivity contribution in [3.05, 3.63) is 65.4 Å². The molecule has 9 heteroatoms. The quantitative estimate of drug-likeness (QED) is 0.307. The highest BCUT2D eigenvalue weighted by Gasteiger charge is 2.05. The fourth-order valence-electron chi connectivity index (χ4n) is 2.72. The van der Waals surface area contributed by atoms with Crippen molar-refractivity contribution < 1.29 is 9.47 Å². The fourth-order valence-corrected chi connectivity index (χ4v) is 2.72. The summed E-state index contributed by atoms with van der Waals surface area (Å²) in [6, 6.07) is 15.4. The molecule has 0 saturated carbocycles. The molecule has 0 radical (unpaired) electrons. The topological polar surface area (TPSA) is 106 Å². The van der Waals surface area contributed by atoms with Gasteiger partial charge in [0.25, 0.3) is 5.95 Å². The first kappa shape index (κ1) is 23.6. The van der Waals surface area contributed by atoms with Crippen LogP contribution in [0.25, 0.3) is 0 Å². The molecule has 3 rings (SSSR count). The summed E-state index contributed by atoms with van der Waals surface area (Å²) < 4.78 is 11.5. The predicted octanol–water partition coefficient (Wildman–Crippen LogP) is 4.65. The van der Waals surface area contributed by atoms with E-state index in [0.29, 0.717) is 24.7 Å². The van der Waals surface area contributed by atoms with Crippen LogP contribution in [0.2, 0.25) is 0 Å². The zero-order valence-corrected chi connectivity index (χ0v) is 19.2. The normalized spacial score (nSPS) is 11.1. The smallest absolute Gasteiger partial charge is 0.265 e. The number of benzene rings is 2. The molecular weight excluding hydrogens is 418 g/mol. The number of nitrogens with one attached hydrogen (secondary N) is 2. The molecule has 3 aromatic rings. The molecule has 33 heavy (non-hydrogen) atoms. The minimum Gasteiger partial charge on any atom is -0.493 e. The van der Waals surface area contributed by atoms with Crippen LogP contribution in [0.5, 0.6) is 11.5 Å². The Bertz CT molecular complexity index is 1090. The Labute approximate surface area is 194 Å². The van der Waals surface area contributed by atoms with Gasteiger partial charge in [-0.3, -0.25) is 5.43 Å². The highest BCUT2D eigenvalue weighted by molar-refractivity contribution is 5.84. The van der Waals surface area contributed by atoms with E-state index in [4.69, 9.17) is 9.47 Å². The zero-order chi connectivity index (χ0) is 23.3. The minimum absolute atomic E-state index is 0.244. The molecule has 172 valence electrons. The van der Waals surface area contributed by atoms with Crippen molar-refractivity contribution >= 4 is 24.2 Å². The third-order valence-corrected chi connectivity index (χ3v) is 4.36. The molecule has 1 aromatic heterocycles. The van der Waals surface area contributed by atoms with Gasteiger partial charge in [-0.15, -0.1) is 10.2 Å². The zero-order valence-electron chi connectivity index (χ0n) is 19.2. The van der Waals surface area contributed by atoms with Crippen molar-refractivity contribution in [3.8, 4) is 11.5 Å². The molecule has 9 nitrogen and oxygen atoms in total. The summed E-state index contributed by atoms with van der Waals surface area (Å²) >= 11 is 0. The lowest BCUT2D eigenvalue weighted by molar-refractivity contribution is 0.317. The van der Waals surface area contributed by atoms with Crippen LogP contribution in [-0.4, -0.2) is 40.8 Å². The second-order valence-corrected chi connectivity index (χ2v) is 7.08. The third-order valence-electron chi connectivity index (χ3n) is 4.36. The predicted molar refractivity (Wildman–Crippen MR) is 131 cm³/mol. The Hall–Kier alpha value is -4.01. The van der Waals surface area contributed by atoms with Crippen molar-refractivity contribution in [2.24, 2.45) is 10.2 Å². The maximum Gasteiger partial charge on any atom is 0.265 e. The summed E-state index contributed by atoms with van der Waals surface area (Å²) in [7, 11) is 0. The van der Waals surface area contributed by atoms with Gasteiger partial charge < -0.3 is 9.47 Å². The van der Waals surface area contributed by atoms with Gasteiger partial charge in [0.15, 0.2) is 5.82 Å². The fraction of sp³-hybridized carbons (Fsp3) is 0.292. The summed E-state index contributed by atoms with van der Waals surface area (Å²) in [5.74, 6) is 2.26. The summed E-state index contributed by atoms with van der Waals surface area (Å²) in [4.78, 5) is 4.39. The van der Waals surface area contributed by atoms with Crippen LogP contribution >= 0.6 is 0 Å². The summed E-state index contributed by atoms with van der Waals surface area (Å²) in [6.07, 6.45) is 5.21. The molecule has 0 spiro atoms. The van der Waals surface area contributed by atoms with Gasteiger partial charge in [0.1, 0.15) is 17.2 Å². The molecule has 0 fully saturated rings. The van der Waals surface area contributed by atoms with Gasteiger partial charge in [-0.1, -0.05) is 38.1 Å². The molecule has 0 aliphatic heterocycles. The van der Waals surface area contributed by atoms with Gasteiger partial charge in [-0.2, -0.15) is 15.2 Å². The monoisotopic (exact) mass is 447 g/mol. The second kappa shape index (κ2) is 12.7. The number of ether oxygens (including phenoxy) is 2. The molecule has 0 aliphatic carbocycles. The van der Waals surface area contributed by atoms with Gasteiger partial charge >= 0.3 is 0 Å².